The van der Waals surface area contributed by atoms with Gasteiger partial charge in [-0.25, -0.2) is 0 Å². The molecule has 0 spiro atoms. The number of fused-ring (bicyclic) bond motifs is 1. The molecule has 2 heterocycles. The third-order valence-electron chi connectivity index (χ3n) is 4.52. The average molecular weight is 275 g/mol. The fourth-order valence-electron chi connectivity index (χ4n) is 3.47. The van der Waals surface area contributed by atoms with Crippen molar-refractivity contribution in [2.24, 2.45) is 5.73 Å². The number of rotatable bonds is 1. The van der Waals surface area contributed by atoms with Gasteiger partial charge in [0.15, 0.2) is 0 Å². The number of benzene rings is 1. The molecule has 0 radical (unpaired) electrons. The van der Waals surface area contributed by atoms with Crippen molar-refractivity contribution >= 4 is 0 Å². The minimum Gasteiger partial charge on any atom is -0.491 e. The molecule has 0 amide bonds. The van der Waals surface area contributed by atoms with Gasteiger partial charge in [0.1, 0.15) is 12.4 Å². The van der Waals surface area contributed by atoms with E-state index in [1.807, 2.05) is 0 Å². The Hall–Kier alpha value is -1.10. The van der Waals surface area contributed by atoms with Gasteiger partial charge < -0.3 is 15.4 Å². The first-order valence-corrected chi connectivity index (χ1v) is 7.48. The zero-order valence-electron chi connectivity index (χ0n) is 12.7. The van der Waals surface area contributed by atoms with Crippen LogP contribution >= 0.6 is 0 Å². The van der Waals surface area contributed by atoms with Crippen LogP contribution in [-0.4, -0.2) is 55.7 Å². The molecule has 1 saturated heterocycles. The fraction of sp³-hybridized carbons (Fsp3) is 0.625. The first-order chi connectivity index (χ1) is 9.56. The van der Waals surface area contributed by atoms with Crippen LogP contribution in [0.1, 0.15) is 22.7 Å². The second-order valence-corrected chi connectivity index (χ2v) is 6.26. The van der Waals surface area contributed by atoms with Gasteiger partial charge in [0.25, 0.3) is 0 Å². The van der Waals surface area contributed by atoms with E-state index in [4.69, 9.17) is 10.5 Å². The Morgan fingerprint density at radius 3 is 2.55 bits per heavy atom. The van der Waals surface area contributed by atoms with Gasteiger partial charge in [-0.2, -0.15) is 0 Å². The number of ether oxygens (including phenoxy) is 1. The molecule has 1 fully saturated rings. The van der Waals surface area contributed by atoms with E-state index < -0.39 is 0 Å². The van der Waals surface area contributed by atoms with E-state index in [-0.39, 0.29) is 6.04 Å². The van der Waals surface area contributed by atoms with Gasteiger partial charge in [0, 0.05) is 31.7 Å². The molecule has 4 nitrogen and oxygen atoms in total. The summed E-state index contributed by atoms with van der Waals surface area (Å²) in [6, 6.07) is 4.80. The smallest absolute Gasteiger partial charge is 0.127 e. The van der Waals surface area contributed by atoms with Crippen LogP contribution in [0.4, 0.5) is 0 Å². The lowest BCUT2D eigenvalue weighted by molar-refractivity contribution is 0.0721. The van der Waals surface area contributed by atoms with Crippen LogP contribution in [0.3, 0.4) is 0 Å². The van der Waals surface area contributed by atoms with Crippen molar-refractivity contribution in [2.45, 2.75) is 25.9 Å². The van der Waals surface area contributed by atoms with Crippen LogP contribution in [0.25, 0.3) is 0 Å². The summed E-state index contributed by atoms with van der Waals surface area (Å²) in [4.78, 5) is 4.91. The molecule has 2 atom stereocenters. The molecule has 2 aliphatic rings. The van der Waals surface area contributed by atoms with Crippen molar-refractivity contribution in [1.82, 2.24) is 9.80 Å². The number of piperazine rings is 1. The summed E-state index contributed by atoms with van der Waals surface area (Å²) < 4.78 is 5.90. The molecule has 0 saturated carbocycles. The predicted octanol–water partition coefficient (Wildman–Crippen LogP) is 1.31. The fourth-order valence-corrected chi connectivity index (χ4v) is 3.47. The minimum absolute atomic E-state index is 0.0621. The Morgan fingerprint density at radius 2 is 1.85 bits per heavy atom. The van der Waals surface area contributed by atoms with Crippen molar-refractivity contribution in [2.75, 3.05) is 39.8 Å². The van der Waals surface area contributed by atoms with Gasteiger partial charge in [-0.1, -0.05) is 17.7 Å². The second kappa shape index (κ2) is 5.35. The number of hydrogen-bond acceptors (Lipinski definition) is 4. The SMILES string of the molecule is Cc1cc(C)c2c(c1)C(N1CCN(C)CC1)C(N)CO2. The summed E-state index contributed by atoms with van der Waals surface area (Å²) in [5.74, 6) is 1.06. The molecule has 1 aromatic carbocycles. The maximum absolute atomic E-state index is 6.38. The van der Waals surface area contributed by atoms with E-state index in [0.29, 0.717) is 12.6 Å². The molecule has 110 valence electrons. The van der Waals surface area contributed by atoms with Crippen LogP contribution in [0.2, 0.25) is 0 Å². The Morgan fingerprint density at radius 1 is 1.15 bits per heavy atom. The van der Waals surface area contributed by atoms with Crippen LogP contribution in [-0.2, 0) is 0 Å². The van der Waals surface area contributed by atoms with Crippen LogP contribution in [0, 0.1) is 13.8 Å². The summed E-state index contributed by atoms with van der Waals surface area (Å²) in [7, 11) is 2.18. The third kappa shape index (κ3) is 2.43. The molecule has 20 heavy (non-hydrogen) atoms. The topological polar surface area (TPSA) is 41.7 Å². The molecule has 0 bridgehead atoms. The maximum Gasteiger partial charge on any atom is 0.127 e. The van der Waals surface area contributed by atoms with Crippen molar-refractivity contribution in [3.8, 4) is 5.75 Å². The van der Waals surface area contributed by atoms with Crippen molar-refractivity contribution in [3.63, 3.8) is 0 Å². The molecule has 4 heteroatoms. The van der Waals surface area contributed by atoms with Crippen LogP contribution in [0.15, 0.2) is 12.1 Å². The van der Waals surface area contributed by atoms with Crippen molar-refractivity contribution < 1.29 is 4.74 Å². The van der Waals surface area contributed by atoms with E-state index in [9.17, 15) is 0 Å². The zero-order valence-corrected chi connectivity index (χ0v) is 12.7. The van der Waals surface area contributed by atoms with Gasteiger partial charge in [-0.05, 0) is 26.5 Å². The van der Waals surface area contributed by atoms with E-state index >= 15 is 0 Å². The normalized spacial score (nSPS) is 28.0. The van der Waals surface area contributed by atoms with Crippen LogP contribution < -0.4 is 10.5 Å². The second-order valence-electron chi connectivity index (χ2n) is 6.26. The Kier molecular flexibility index (Phi) is 3.71. The number of likely N-dealkylation sites (N-methyl/N-ethyl adjacent to an activating group) is 1. The van der Waals surface area contributed by atoms with Gasteiger partial charge in [-0.3, -0.25) is 4.90 Å². The van der Waals surface area contributed by atoms with Gasteiger partial charge in [0.05, 0.1) is 12.1 Å². The van der Waals surface area contributed by atoms with Gasteiger partial charge >= 0.3 is 0 Å². The zero-order chi connectivity index (χ0) is 14.3. The van der Waals surface area contributed by atoms with E-state index in [0.717, 1.165) is 31.9 Å². The first kappa shape index (κ1) is 13.9. The highest BCUT2D eigenvalue weighted by atomic mass is 16.5. The van der Waals surface area contributed by atoms with Gasteiger partial charge in [0.2, 0.25) is 0 Å². The number of aryl methyl sites for hydroxylation is 2. The lowest BCUT2D eigenvalue weighted by Crippen LogP contribution is -2.53. The number of nitrogens with zero attached hydrogens (tertiary/aromatic N) is 2. The first-order valence-electron chi connectivity index (χ1n) is 7.48. The molecular formula is C16H25N3O. The molecule has 3 rings (SSSR count). The number of hydrogen-bond donors (Lipinski definition) is 1. The molecule has 2 aliphatic heterocycles. The summed E-state index contributed by atoms with van der Waals surface area (Å²) in [6.45, 7) is 9.29. The summed E-state index contributed by atoms with van der Waals surface area (Å²) in [5, 5.41) is 0. The molecule has 0 aromatic heterocycles. The highest BCUT2D eigenvalue weighted by Crippen LogP contribution is 2.38. The quantitative estimate of drug-likeness (QED) is 0.839. The van der Waals surface area contributed by atoms with Gasteiger partial charge in [-0.15, -0.1) is 0 Å². The molecular weight excluding hydrogens is 250 g/mol. The molecule has 2 unspecified atom stereocenters. The van der Waals surface area contributed by atoms with E-state index in [2.05, 4.69) is 42.8 Å². The standard InChI is InChI=1S/C16H25N3O/c1-11-8-12(2)16-13(9-11)15(14(17)10-20-16)19-6-4-18(3)5-7-19/h8-9,14-15H,4-7,10,17H2,1-3H3. The predicted molar refractivity (Wildman–Crippen MR) is 81.2 cm³/mol. The summed E-state index contributed by atoms with van der Waals surface area (Å²) in [6.07, 6.45) is 0. The van der Waals surface area contributed by atoms with Crippen molar-refractivity contribution in [3.05, 3.63) is 28.8 Å². The maximum atomic E-state index is 6.38. The largest absolute Gasteiger partial charge is 0.491 e. The van der Waals surface area contributed by atoms with E-state index in [1.165, 1.54) is 16.7 Å². The molecule has 0 aliphatic carbocycles. The Balaban J connectivity index is 1.95. The summed E-state index contributed by atoms with van der Waals surface area (Å²) in [5.41, 5.74) is 10.2. The van der Waals surface area contributed by atoms with Crippen molar-refractivity contribution in [1.29, 1.82) is 0 Å². The monoisotopic (exact) mass is 275 g/mol. The molecule has 2 N–H and O–H groups in total. The lowest BCUT2D eigenvalue weighted by atomic mass is 9.91. The number of nitrogens with two attached hydrogens (primary N) is 1. The minimum atomic E-state index is 0.0621. The average Bonchev–Trinajstić information content (AvgIpc) is 2.40. The third-order valence-corrected chi connectivity index (χ3v) is 4.52. The Bertz CT molecular complexity index is 495. The van der Waals surface area contributed by atoms with Crippen LogP contribution in [0.5, 0.6) is 5.75 Å². The molecule has 1 aromatic rings. The highest BCUT2D eigenvalue weighted by Gasteiger charge is 2.35. The summed E-state index contributed by atoms with van der Waals surface area (Å²) >= 11 is 0. The Labute approximate surface area is 121 Å². The highest BCUT2D eigenvalue weighted by molar-refractivity contribution is 5.47. The lowest BCUT2D eigenvalue weighted by Gasteiger charge is -2.43. The van der Waals surface area contributed by atoms with E-state index in [1.54, 1.807) is 0 Å².